The van der Waals surface area contributed by atoms with Crippen LogP contribution >= 0.6 is 0 Å². The lowest BCUT2D eigenvalue weighted by Crippen LogP contribution is -2.37. The van der Waals surface area contributed by atoms with Gasteiger partial charge in [-0.1, -0.05) is 18.2 Å². The zero-order valence-corrected chi connectivity index (χ0v) is 12.7. The molecule has 112 valence electrons. The number of hydrogen-bond donors (Lipinski definition) is 0. The predicted octanol–water partition coefficient (Wildman–Crippen LogP) is 3.87. The highest BCUT2D eigenvalue weighted by molar-refractivity contribution is 6.05. The number of anilines is 1. The van der Waals surface area contributed by atoms with Gasteiger partial charge in [-0.2, -0.15) is 0 Å². The van der Waals surface area contributed by atoms with E-state index in [1.807, 2.05) is 6.07 Å². The van der Waals surface area contributed by atoms with Crippen LogP contribution in [0.15, 0.2) is 46.9 Å². The van der Waals surface area contributed by atoms with Gasteiger partial charge in [0.05, 0.1) is 0 Å². The van der Waals surface area contributed by atoms with E-state index in [1.54, 1.807) is 0 Å². The van der Waals surface area contributed by atoms with Crippen molar-refractivity contribution in [1.82, 2.24) is 4.90 Å². The van der Waals surface area contributed by atoms with Crippen LogP contribution < -0.4 is 4.90 Å². The van der Waals surface area contributed by atoms with Gasteiger partial charge in [-0.25, -0.2) is 0 Å². The molecule has 3 heteroatoms. The summed E-state index contributed by atoms with van der Waals surface area (Å²) in [7, 11) is 0. The van der Waals surface area contributed by atoms with Crippen molar-refractivity contribution < 1.29 is 4.42 Å². The Morgan fingerprint density at radius 1 is 0.818 bits per heavy atom. The van der Waals surface area contributed by atoms with Gasteiger partial charge in [0.15, 0.2) is 0 Å². The molecule has 3 saturated heterocycles. The second kappa shape index (κ2) is 4.75. The van der Waals surface area contributed by atoms with Gasteiger partial charge in [-0.3, -0.25) is 0 Å². The lowest BCUT2D eigenvalue weighted by molar-refractivity contribution is 0.250. The zero-order chi connectivity index (χ0) is 14.5. The number of benzene rings is 2. The zero-order valence-electron chi connectivity index (χ0n) is 12.7. The topological polar surface area (TPSA) is 19.6 Å². The summed E-state index contributed by atoms with van der Waals surface area (Å²) in [5, 5.41) is 2.47. The lowest BCUT2D eigenvalue weighted by atomic mass is 10.0. The van der Waals surface area contributed by atoms with Crippen LogP contribution in [0.4, 0.5) is 5.69 Å². The standard InChI is InChI=1S/C19H20N2O/c1-2-4-18-16(3-1)17-13-15(5-6-19(17)22-18)21-12-11-20-9-7-14(21)8-10-20/h1-6,13-14H,7-12H2. The van der Waals surface area contributed by atoms with Gasteiger partial charge in [0.1, 0.15) is 11.2 Å². The molecule has 0 N–H and O–H groups in total. The quantitative estimate of drug-likeness (QED) is 0.679. The molecule has 6 rings (SSSR count). The molecule has 0 atom stereocenters. The van der Waals surface area contributed by atoms with Crippen LogP contribution in [-0.4, -0.2) is 37.1 Å². The Morgan fingerprint density at radius 3 is 2.55 bits per heavy atom. The summed E-state index contributed by atoms with van der Waals surface area (Å²) in [6.07, 6.45) is 2.59. The molecule has 2 aromatic carbocycles. The fraction of sp³-hybridized carbons (Fsp3) is 0.368. The minimum absolute atomic E-state index is 0.703. The number of piperidine rings is 1. The van der Waals surface area contributed by atoms with E-state index in [-0.39, 0.29) is 0 Å². The van der Waals surface area contributed by atoms with Crippen molar-refractivity contribution >= 4 is 27.6 Å². The van der Waals surface area contributed by atoms with Gasteiger partial charge in [-0.15, -0.1) is 0 Å². The Labute approximate surface area is 130 Å². The molecule has 2 bridgehead atoms. The highest BCUT2D eigenvalue weighted by atomic mass is 16.3. The van der Waals surface area contributed by atoms with Gasteiger partial charge in [0.25, 0.3) is 0 Å². The fourth-order valence-electron chi connectivity index (χ4n) is 4.12. The summed E-state index contributed by atoms with van der Waals surface area (Å²) in [4.78, 5) is 5.22. The number of hydrogen-bond acceptors (Lipinski definition) is 3. The summed E-state index contributed by atoms with van der Waals surface area (Å²) >= 11 is 0. The average molecular weight is 292 g/mol. The maximum absolute atomic E-state index is 5.95. The van der Waals surface area contributed by atoms with E-state index >= 15 is 0 Å². The number of para-hydroxylation sites is 1. The third kappa shape index (κ3) is 1.85. The van der Waals surface area contributed by atoms with Crippen LogP contribution in [0.3, 0.4) is 0 Å². The highest BCUT2D eigenvalue weighted by Crippen LogP contribution is 2.34. The Balaban J connectivity index is 1.63. The Bertz CT molecular complexity index is 830. The van der Waals surface area contributed by atoms with Crippen molar-refractivity contribution in [2.75, 3.05) is 31.1 Å². The second-order valence-electron chi connectivity index (χ2n) is 6.54. The summed E-state index contributed by atoms with van der Waals surface area (Å²) in [6.45, 7) is 4.86. The Kier molecular flexibility index (Phi) is 2.71. The van der Waals surface area contributed by atoms with Gasteiger partial charge in [-0.05, 0) is 37.1 Å². The molecule has 0 aliphatic carbocycles. The van der Waals surface area contributed by atoms with Crippen molar-refractivity contribution in [1.29, 1.82) is 0 Å². The summed E-state index contributed by atoms with van der Waals surface area (Å²) < 4.78 is 5.95. The van der Waals surface area contributed by atoms with Gasteiger partial charge in [0.2, 0.25) is 0 Å². The highest BCUT2D eigenvalue weighted by Gasteiger charge is 2.29. The lowest BCUT2D eigenvalue weighted by Gasteiger charge is -2.33. The van der Waals surface area contributed by atoms with E-state index in [2.05, 4.69) is 46.2 Å². The van der Waals surface area contributed by atoms with Crippen molar-refractivity contribution in [2.24, 2.45) is 0 Å². The number of fused-ring (bicyclic) bond motifs is 7. The molecule has 22 heavy (non-hydrogen) atoms. The minimum atomic E-state index is 0.703. The summed E-state index contributed by atoms with van der Waals surface area (Å²) in [5.74, 6) is 0. The molecule has 0 saturated carbocycles. The number of nitrogens with zero attached hydrogens (tertiary/aromatic N) is 2. The molecule has 1 aromatic heterocycles. The second-order valence-corrected chi connectivity index (χ2v) is 6.54. The maximum atomic E-state index is 5.95. The van der Waals surface area contributed by atoms with Crippen LogP contribution in [0, 0.1) is 0 Å². The van der Waals surface area contributed by atoms with E-state index < -0.39 is 0 Å². The molecule has 0 amide bonds. The van der Waals surface area contributed by atoms with E-state index in [0.717, 1.165) is 17.7 Å². The molecule has 3 aliphatic rings. The average Bonchev–Trinajstić information content (AvgIpc) is 2.70. The van der Waals surface area contributed by atoms with Crippen LogP contribution in [0.2, 0.25) is 0 Å². The number of furan rings is 1. The molecule has 0 spiro atoms. The summed E-state index contributed by atoms with van der Waals surface area (Å²) in [6, 6.07) is 15.7. The normalized spacial score (nSPS) is 25.0. The molecule has 3 aliphatic heterocycles. The molecule has 3 aromatic rings. The first-order chi connectivity index (χ1) is 10.9. The number of rotatable bonds is 1. The van der Waals surface area contributed by atoms with Crippen LogP contribution in [-0.2, 0) is 0 Å². The van der Waals surface area contributed by atoms with Crippen molar-refractivity contribution in [3.05, 3.63) is 42.5 Å². The third-order valence-corrected chi connectivity index (χ3v) is 5.35. The molecule has 4 heterocycles. The van der Waals surface area contributed by atoms with Gasteiger partial charge in [0, 0.05) is 48.7 Å². The van der Waals surface area contributed by atoms with Gasteiger partial charge >= 0.3 is 0 Å². The first kappa shape index (κ1) is 12.5. The largest absolute Gasteiger partial charge is 0.456 e. The third-order valence-electron chi connectivity index (χ3n) is 5.35. The molecule has 3 nitrogen and oxygen atoms in total. The summed E-state index contributed by atoms with van der Waals surface area (Å²) in [5.41, 5.74) is 3.33. The van der Waals surface area contributed by atoms with Crippen LogP contribution in [0.5, 0.6) is 0 Å². The SMILES string of the molecule is c1ccc2c(c1)oc1ccc(N3CCN4CCC3CC4)cc12. The predicted molar refractivity (Wildman–Crippen MR) is 90.5 cm³/mol. The Morgan fingerprint density at radius 2 is 1.64 bits per heavy atom. The molecule has 3 fully saturated rings. The smallest absolute Gasteiger partial charge is 0.135 e. The molecule has 0 unspecified atom stereocenters. The molecular formula is C19H20N2O. The molecule has 0 radical (unpaired) electrons. The van der Waals surface area contributed by atoms with Gasteiger partial charge < -0.3 is 14.2 Å². The van der Waals surface area contributed by atoms with E-state index in [1.165, 1.54) is 48.9 Å². The van der Waals surface area contributed by atoms with Crippen LogP contribution in [0.25, 0.3) is 21.9 Å². The first-order valence-corrected chi connectivity index (χ1v) is 8.29. The maximum Gasteiger partial charge on any atom is 0.135 e. The minimum Gasteiger partial charge on any atom is -0.456 e. The van der Waals surface area contributed by atoms with Crippen molar-refractivity contribution in [2.45, 2.75) is 18.9 Å². The fourth-order valence-corrected chi connectivity index (χ4v) is 4.12. The van der Waals surface area contributed by atoms with Crippen molar-refractivity contribution in [3.8, 4) is 0 Å². The monoisotopic (exact) mass is 292 g/mol. The Hall–Kier alpha value is -2.00. The first-order valence-electron chi connectivity index (χ1n) is 8.29. The van der Waals surface area contributed by atoms with Crippen molar-refractivity contribution in [3.63, 3.8) is 0 Å². The van der Waals surface area contributed by atoms with E-state index in [9.17, 15) is 0 Å². The van der Waals surface area contributed by atoms with E-state index in [0.29, 0.717) is 6.04 Å². The molecular weight excluding hydrogens is 272 g/mol. The van der Waals surface area contributed by atoms with E-state index in [4.69, 9.17) is 4.42 Å². The van der Waals surface area contributed by atoms with Crippen LogP contribution in [0.1, 0.15) is 12.8 Å².